The van der Waals surface area contributed by atoms with Gasteiger partial charge in [0, 0.05) is 6.04 Å². The third-order valence-corrected chi connectivity index (χ3v) is 4.37. The van der Waals surface area contributed by atoms with E-state index in [9.17, 15) is 0 Å². The van der Waals surface area contributed by atoms with Crippen molar-refractivity contribution in [2.24, 2.45) is 17.8 Å². The molecule has 4 unspecified atom stereocenters. The van der Waals surface area contributed by atoms with Gasteiger partial charge in [-0.05, 0) is 56.9 Å². The van der Waals surface area contributed by atoms with E-state index in [1.807, 2.05) is 0 Å². The summed E-state index contributed by atoms with van der Waals surface area (Å²) in [7, 11) is 0. The molecule has 1 N–H and O–H groups in total. The first kappa shape index (κ1) is 11.2. The zero-order valence-electron chi connectivity index (χ0n) is 10.3. The van der Waals surface area contributed by atoms with Crippen LogP contribution < -0.4 is 5.32 Å². The van der Waals surface area contributed by atoms with Gasteiger partial charge in [0.25, 0.3) is 0 Å². The van der Waals surface area contributed by atoms with Crippen molar-refractivity contribution in [2.75, 3.05) is 6.54 Å². The van der Waals surface area contributed by atoms with Crippen LogP contribution in [0.25, 0.3) is 0 Å². The van der Waals surface area contributed by atoms with Crippen LogP contribution in [0, 0.1) is 17.8 Å². The Morgan fingerprint density at radius 3 is 2.67 bits per heavy atom. The van der Waals surface area contributed by atoms with Gasteiger partial charge in [-0.3, -0.25) is 0 Å². The van der Waals surface area contributed by atoms with Gasteiger partial charge in [-0.25, -0.2) is 0 Å². The standard InChI is InChI=1S/C14H25N/c1-4-7-15-14(10(2)3)13-9-11-5-6-12(13)8-11/h11-15H,2,4-9H2,1,3H3. The summed E-state index contributed by atoms with van der Waals surface area (Å²) >= 11 is 0. The minimum atomic E-state index is 0.597. The lowest BCUT2D eigenvalue weighted by Gasteiger charge is -2.31. The van der Waals surface area contributed by atoms with E-state index in [2.05, 4.69) is 25.7 Å². The summed E-state index contributed by atoms with van der Waals surface area (Å²) in [6.07, 6.45) is 7.16. The molecule has 15 heavy (non-hydrogen) atoms. The van der Waals surface area contributed by atoms with Crippen LogP contribution in [0.15, 0.2) is 12.2 Å². The zero-order chi connectivity index (χ0) is 10.8. The highest BCUT2D eigenvalue weighted by Gasteiger charge is 2.42. The van der Waals surface area contributed by atoms with Crippen LogP contribution in [0.4, 0.5) is 0 Å². The molecule has 0 saturated heterocycles. The molecule has 0 aromatic rings. The molecule has 4 atom stereocenters. The molecule has 2 saturated carbocycles. The Balaban J connectivity index is 1.96. The Kier molecular flexibility index (Phi) is 3.50. The van der Waals surface area contributed by atoms with Crippen LogP contribution in [0.3, 0.4) is 0 Å². The summed E-state index contributed by atoms with van der Waals surface area (Å²) in [6.45, 7) is 9.75. The van der Waals surface area contributed by atoms with Gasteiger partial charge in [0.2, 0.25) is 0 Å². The van der Waals surface area contributed by atoms with E-state index in [-0.39, 0.29) is 0 Å². The maximum Gasteiger partial charge on any atom is 0.0305 e. The van der Waals surface area contributed by atoms with Crippen molar-refractivity contribution in [3.63, 3.8) is 0 Å². The monoisotopic (exact) mass is 207 g/mol. The van der Waals surface area contributed by atoms with Gasteiger partial charge in [0.05, 0.1) is 0 Å². The minimum Gasteiger partial charge on any atom is -0.310 e. The number of hydrogen-bond donors (Lipinski definition) is 1. The first-order valence-electron chi connectivity index (χ1n) is 6.61. The lowest BCUT2D eigenvalue weighted by atomic mass is 9.81. The molecule has 2 rings (SSSR count). The highest BCUT2D eigenvalue weighted by molar-refractivity contribution is 5.09. The van der Waals surface area contributed by atoms with Crippen molar-refractivity contribution < 1.29 is 0 Å². The SMILES string of the molecule is C=C(C)C(NCCC)C1CC2CCC1C2. The Morgan fingerprint density at radius 1 is 1.40 bits per heavy atom. The highest BCUT2D eigenvalue weighted by atomic mass is 14.9. The Labute approximate surface area is 94.3 Å². The second-order valence-corrected chi connectivity index (χ2v) is 5.62. The van der Waals surface area contributed by atoms with Gasteiger partial charge >= 0.3 is 0 Å². The van der Waals surface area contributed by atoms with Crippen molar-refractivity contribution >= 4 is 0 Å². The lowest BCUT2D eigenvalue weighted by Crippen LogP contribution is -2.39. The van der Waals surface area contributed by atoms with E-state index >= 15 is 0 Å². The van der Waals surface area contributed by atoms with Crippen LogP contribution in [0.2, 0.25) is 0 Å². The fraction of sp³-hybridized carbons (Fsp3) is 0.857. The van der Waals surface area contributed by atoms with E-state index in [1.54, 1.807) is 0 Å². The molecule has 0 aromatic carbocycles. The highest BCUT2D eigenvalue weighted by Crippen LogP contribution is 2.50. The summed E-state index contributed by atoms with van der Waals surface area (Å²) in [5, 5.41) is 3.70. The molecule has 1 nitrogen and oxygen atoms in total. The van der Waals surface area contributed by atoms with Gasteiger partial charge in [0.1, 0.15) is 0 Å². The molecule has 0 spiro atoms. The van der Waals surface area contributed by atoms with Crippen molar-refractivity contribution in [3.05, 3.63) is 12.2 Å². The number of hydrogen-bond acceptors (Lipinski definition) is 1. The average Bonchev–Trinajstić information content (AvgIpc) is 2.79. The average molecular weight is 207 g/mol. The smallest absolute Gasteiger partial charge is 0.0305 e. The third-order valence-electron chi connectivity index (χ3n) is 4.37. The van der Waals surface area contributed by atoms with Crippen molar-refractivity contribution in [2.45, 2.75) is 52.0 Å². The van der Waals surface area contributed by atoms with Gasteiger partial charge in [-0.15, -0.1) is 0 Å². The fourth-order valence-electron chi connectivity index (χ4n) is 3.69. The second kappa shape index (κ2) is 4.69. The van der Waals surface area contributed by atoms with E-state index in [1.165, 1.54) is 37.7 Å². The van der Waals surface area contributed by atoms with Gasteiger partial charge < -0.3 is 5.32 Å². The molecule has 0 heterocycles. The van der Waals surface area contributed by atoms with Crippen LogP contribution >= 0.6 is 0 Å². The van der Waals surface area contributed by atoms with Crippen molar-refractivity contribution in [1.29, 1.82) is 0 Å². The van der Waals surface area contributed by atoms with Gasteiger partial charge in [-0.1, -0.05) is 25.5 Å². The molecule has 1 heteroatoms. The molecular formula is C14H25N. The Morgan fingerprint density at radius 2 is 2.20 bits per heavy atom. The number of nitrogens with one attached hydrogen (secondary N) is 1. The molecule has 2 bridgehead atoms. The fourth-order valence-corrected chi connectivity index (χ4v) is 3.69. The largest absolute Gasteiger partial charge is 0.310 e. The third kappa shape index (κ3) is 2.28. The molecular weight excluding hydrogens is 182 g/mol. The van der Waals surface area contributed by atoms with E-state index in [4.69, 9.17) is 0 Å². The summed E-state index contributed by atoms with van der Waals surface area (Å²) in [6, 6.07) is 0.597. The predicted octanol–water partition coefficient (Wildman–Crippen LogP) is 3.37. The zero-order valence-corrected chi connectivity index (χ0v) is 10.3. The Bertz CT molecular complexity index is 233. The van der Waals surface area contributed by atoms with Crippen molar-refractivity contribution in [1.82, 2.24) is 5.32 Å². The number of fused-ring (bicyclic) bond motifs is 2. The minimum absolute atomic E-state index is 0.597. The maximum absolute atomic E-state index is 4.17. The molecule has 0 aromatic heterocycles. The lowest BCUT2D eigenvalue weighted by molar-refractivity contribution is 0.271. The Hall–Kier alpha value is -0.300. The normalized spacial score (nSPS) is 35.7. The van der Waals surface area contributed by atoms with Crippen molar-refractivity contribution in [3.8, 4) is 0 Å². The molecule has 86 valence electrons. The van der Waals surface area contributed by atoms with Crippen LogP contribution in [0.1, 0.15) is 46.0 Å². The van der Waals surface area contributed by atoms with E-state index in [0.717, 1.165) is 24.3 Å². The van der Waals surface area contributed by atoms with Gasteiger partial charge in [0.15, 0.2) is 0 Å². The first-order chi connectivity index (χ1) is 7.22. The second-order valence-electron chi connectivity index (χ2n) is 5.62. The molecule has 0 aliphatic heterocycles. The van der Waals surface area contributed by atoms with E-state index in [0.29, 0.717) is 6.04 Å². The summed E-state index contributed by atoms with van der Waals surface area (Å²) in [5.41, 5.74) is 1.35. The van der Waals surface area contributed by atoms with E-state index < -0.39 is 0 Å². The van der Waals surface area contributed by atoms with Gasteiger partial charge in [-0.2, -0.15) is 0 Å². The maximum atomic E-state index is 4.17. The molecule has 2 fully saturated rings. The van der Waals surface area contributed by atoms with Crippen LogP contribution in [-0.2, 0) is 0 Å². The summed E-state index contributed by atoms with van der Waals surface area (Å²) in [4.78, 5) is 0. The molecule has 2 aliphatic carbocycles. The summed E-state index contributed by atoms with van der Waals surface area (Å²) in [5.74, 6) is 2.94. The summed E-state index contributed by atoms with van der Waals surface area (Å²) < 4.78 is 0. The van der Waals surface area contributed by atoms with Crippen LogP contribution in [0.5, 0.6) is 0 Å². The first-order valence-corrected chi connectivity index (χ1v) is 6.61. The molecule has 2 aliphatic rings. The quantitative estimate of drug-likeness (QED) is 0.682. The topological polar surface area (TPSA) is 12.0 Å². The number of rotatable bonds is 5. The molecule has 0 radical (unpaired) electrons. The van der Waals surface area contributed by atoms with Crippen LogP contribution in [-0.4, -0.2) is 12.6 Å². The molecule has 0 amide bonds. The predicted molar refractivity (Wildman–Crippen MR) is 65.8 cm³/mol.